The van der Waals surface area contributed by atoms with Crippen LogP contribution in [-0.2, 0) is 0 Å². The molecule has 5 aliphatic rings. The van der Waals surface area contributed by atoms with E-state index in [2.05, 4.69) is 11.7 Å². The van der Waals surface area contributed by atoms with Crippen molar-refractivity contribution in [2.24, 2.45) is 0 Å². The Morgan fingerprint density at radius 3 is 1.54 bits per heavy atom. The van der Waals surface area contributed by atoms with Crippen LogP contribution in [0.4, 0.5) is 0 Å². The van der Waals surface area contributed by atoms with E-state index < -0.39 is 0 Å². The Kier molecular flexibility index (Phi) is 6.28. The first kappa shape index (κ1) is 18.6. The minimum absolute atomic E-state index is 1.26. The van der Waals surface area contributed by atoms with Gasteiger partial charge in [-0.2, -0.15) is 0 Å². The van der Waals surface area contributed by atoms with Gasteiger partial charge in [-0.3, -0.25) is 0 Å². The first-order chi connectivity index (χ1) is 11.8. The quantitative estimate of drug-likeness (QED) is 0.327. The highest BCUT2D eigenvalue weighted by molar-refractivity contribution is 8.50. The average molecular weight is 517 g/mol. The maximum atomic E-state index is 2.28. The summed E-state index contributed by atoms with van der Waals surface area (Å²) in [5.41, 5.74) is 0. The summed E-state index contributed by atoms with van der Waals surface area (Å²) in [4.78, 5) is 0. The largest absolute Gasteiger partial charge is 0.122 e. The van der Waals surface area contributed by atoms with Gasteiger partial charge < -0.3 is 0 Å². The fourth-order valence-electron chi connectivity index (χ4n) is 1.98. The van der Waals surface area contributed by atoms with Crippen molar-refractivity contribution in [2.45, 2.75) is 0 Å². The van der Waals surface area contributed by atoms with Gasteiger partial charge in [0.1, 0.15) is 0 Å². The number of rotatable bonds is 1. The smallest absolute Gasteiger partial charge is 0.0718 e. The summed E-state index contributed by atoms with van der Waals surface area (Å²) in [5.74, 6) is 2.53. The third-order valence-electron chi connectivity index (χ3n) is 2.99. The average Bonchev–Trinajstić information content (AvgIpc) is 3.34. The van der Waals surface area contributed by atoms with Gasteiger partial charge in [-0.05, 0) is 11.7 Å². The van der Waals surface area contributed by atoms with E-state index in [0.717, 1.165) is 0 Å². The summed E-state index contributed by atoms with van der Waals surface area (Å²) < 4.78 is 13.5. The normalized spacial score (nSPS) is 26.8. The van der Waals surface area contributed by atoms with Crippen LogP contribution in [0.15, 0.2) is 43.5 Å². The van der Waals surface area contributed by atoms with E-state index in [1.165, 1.54) is 41.2 Å². The minimum atomic E-state index is 1.26. The van der Waals surface area contributed by atoms with Crippen molar-refractivity contribution in [1.82, 2.24) is 0 Å². The van der Waals surface area contributed by atoms with Crippen molar-refractivity contribution in [3.8, 4) is 0 Å². The topological polar surface area (TPSA) is 0 Å². The third kappa shape index (κ3) is 3.71. The van der Waals surface area contributed by atoms with Crippen molar-refractivity contribution >= 4 is 129 Å². The van der Waals surface area contributed by atoms with Gasteiger partial charge in [0.25, 0.3) is 0 Å². The van der Waals surface area contributed by atoms with Crippen LogP contribution in [-0.4, -0.2) is 17.8 Å². The Hall–Kier alpha value is 2.55. The standard InChI is InChI=1S/C13H8S11/c1-14-5-4-17-8(18-5)9-21-12-13(22-9)24-11(23-12)10-19-6-7(20-10)16-3-2-15-6/h4H,2-3H2,1H3. The SMILES string of the molecule is CSC1=CSC(=C2SC3=C(S2)SC(=C2SC4=C(SCCS4)S2)S3)S1. The molecule has 0 spiro atoms. The van der Waals surface area contributed by atoms with Gasteiger partial charge in [-0.1, -0.05) is 94.1 Å². The van der Waals surface area contributed by atoms with Gasteiger partial charge in [-0.15, -0.1) is 35.3 Å². The highest BCUT2D eigenvalue weighted by atomic mass is 32.3. The Balaban J connectivity index is 1.27. The lowest BCUT2D eigenvalue weighted by Gasteiger charge is -2.08. The second-order valence-electron chi connectivity index (χ2n) is 4.47. The van der Waals surface area contributed by atoms with Gasteiger partial charge in [0, 0.05) is 11.5 Å². The van der Waals surface area contributed by atoms with Gasteiger partial charge in [-0.25, -0.2) is 0 Å². The van der Waals surface area contributed by atoms with Crippen molar-refractivity contribution in [1.29, 1.82) is 0 Å². The summed E-state index contributed by atoms with van der Waals surface area (Å²) in [6, 6.07) is 0. The highest BCUT2D eigenvalue weighted by Crippen LogP contribution is 2.72. The Bertz CT molecular complexity index is 727. The molecule has 24 heavy (non-hydrogen) atoms. The maximum absolute atomic E-state index is 2.28. The van der Waals surface area contributed by atoms with Crippen LogP contribution < -0.4 is 0 Å². The molecule has 0 amide bonds. The second kappa shape index (κ2) is 8.12. The van der Waals surface area contributed by atoms with Crippen LogP contribution in [0.1, 0.15) is 0 Å². The molecule has 0 aromatic rings. The summed E-state index contributed by atoms with van der Waals surface area (Å²) >= 11 is 21.7. The zero-order chi connectivity index (χ0) is 16.1. The van der Waals surface area contributed by atoms with E-state index in [0.29, 0.717) is 0 Å². The Labute approximate surface area is 188 Å². The van der Waals surface area contributed by atoms with Gasteiger partial charge in [0.15, 0.2) is 0 Å². The Morgan fingerprint density at radius 2 is 1.08 bits per heavy atom. The lowest BCUT2D eigenvalue weighted by Crippen LogP contribution is -1.88. The summed E-state index contributed by atoms with van der Waals surface area (Å²) in [7, 11) is 0. The molecule has 0 saturated carbocycles. The van der Waals surface area contributed by atoms with E-state index in [9.17, 15) is 0 Å². The predicted molar refractivity (Wildman–Crippen MR) is 135 cm³/mol. The second-order valence-corrected chi connectivity index (χ2v) is 17.9. The fraction of sp³-hybridized carbons (Fsp3) is 0.231. The van der Waals surface area contributed by atoms with Gasteiger partial charge >= 0.3 is 0 Å². The summed E-state index contributed by atoms with van der Waals surface area (Å²) in [5, 5.41) is 2.28. The van der Waals surface area contributed by atoms with E-state index in [1.54, 1.807) is 8.47 Å². The molecule has 0 radical (unpaired) electrons. The molecule has 5 aliphatic heterocycles. The molecule has 0 nitrogen and oxygen atoms in total. The van der Waals surface area contributed by atoms with E-state index >= 15 is 0 Å². The number of hydrogen-bond donors (Lipinski definition) is 0. The summed E-state index contributed by atoms with van der Waals surface area (Å²) in [6.07, 6.45) is 2.16. The minimum Gasteiger partial charge on any atom is -0.122 e. The molecule has 0 aromatic heterocycles. The lowest BCUT2D eigenvalue weighted by molar-refractivity contribution is 1.56. The summed E-state index contributed by atoms with van der Waals surface area (Å²) in [6.45, 7) is 0. The van der Waals surface area contributed by atoms with Crippen LogP contribution >= 0.6 is 129 Å². The van der Waals surface area contributed by atoms with Crippen LogP contribution in [0.25, 0.3) is 0 Å². The molecule has 0 bridgehead atoms. The molecule has 5 heterocycles. The van der Waals surface area contributed by atoms with E-state index in [4.69, 9.17) is 0 Å². The van der Waals surface area contributed by atoms with Crippen molar-refractivity contribution in [2.75, 3.05) is 17.8 Å². The highest BCUT2D eigenvalue weighted by Gasteiger charge is 2.36. The number of hydrogen-bond acceptors (Lipinski definition) is 11. The van der Waals surface area contributed by atoms with E-state index in [1.807, 2.05) is 129 Å². The van der Waals surface area contributed by atoms with Gasteiger partial charge in [0.2, 0.25) is 0 Å². The monoisotopic (exact) mass is 516 g/mol. The zero-order valence-corrected chi connectivity index (χ0v) is 21.0. The molecular formula is C13H8S11. The van der Waals surface area contributed by atoms with E-state index in [-0.39, 0.29) is 0 Å². The van der Waals surface area contributed by atoms with Gasteiger partial charge in [0.05, 0.1) is 38.1 Å². The molecule has 126 valence electrons. The molecule has 0 aliphatic carbocycles. The fourth-order valence-corrected chi connectivity index (χ4v) is 18.0. The maximum Gasteiger partial charge on any atom is 0.0718 e. The molecular weight excluding hydrogens is 509 g/mol. The molecule has 0 atom stereocenters. The first-order valence-electron chi connectivity index (χ1n) is 6.68. The number of thioether (sulfide) groups is 11. The molecule has 0 aromatic carbocycles. The molecule has 5 rings (SSSR count). The molecule has 11 heteroatoms. The molecule has 0 fully saturated rings. The van der Waals surface area contributed by atoms with Crippen molar-refractivity contribution in [3.63, 3.8) is 0 Å². The lowest BCUT2D eigenvalue weighted by atomic mass is 11.0. The first-order valence-corrected chi connectivity index (χ1v) is 16.5. The van der Waals surface area contributed by atoms with Crippen LogP contribution in [0.3, 0.4) is 0 Å². The van der Waals surface area contributed by atoms with Crippen molar-refractivity contribution in [3.05, 3.63) is 43.5 Å². The van der Waals surface area contributed by atoms with Crippen LogP contribution in [0.2, 0.25) is 0 Å². The van der Waals surface area contributed by atoms with Crippen LogP contribution in [0.5, 0.6) is 0 Å². The predicted octanol–water partition coefficient (Wildman–Crippen LogP) is 9.05. The third-order valence-corrected chi connectivity index (χ3v) is 19.0. The zero-order valence-electron chi connectivity index (χ0n) is 12.0. The molecule has 0 unspecified atom stereocenters. The van der Waals surface area contributed by atoms with Crippen LogP contribution in [0, 0.1) is 0 Å². The molecule has 0 N–H and O–H groups in total. The molecule has 0 saturated heterocycles. The Morgan fingerprint density at radius 1 is 0.625 bits per heavy atom. The van der Waals surface area contributed by atoms with Crippen molar-refractivity contribution < 1.29 is 0 Å².